The molecule has 128 valence electrons. The van der Waals surface area contributed by atoms with Gasteiger partial charge in [0.1, 0.15) is 0 Å². The van der Waals surface area contributed by atoms with E-state index in [4.69, 9.17) is 25.9 Å². The Morgan fingerprint density at radius 2 is 2.00 bits per heavy atom. The molecule has 0 aromatic heterocycles. The molecule has 0 saturated carbocycles. The summed E-state index contributed by atoms with van der Waals surface area (Å²) >= 11 is 7.18. The number of unbranched alkanes of at least 4 members (excludes halogenated alkanes) is 3. The van der Waals surface area contributed by atoms with E-state index in [1.54, 1.807) is 5.48 Å². The van der Waals surface area contributed by atoms with Crippen LogP contribution < -0.4 is 5.48 Å². The van der Waals surface area contributed by atoms with E-state index in [0.717, 1.165) is 42.7 Å². The van der Waals surface area contributed by atoms with Gasteiger partial charge < -0.3 is 0 Å². The molecular formula is C15H21ClN2O4S. The van der Waals surface area contributed by atoms with Gasteiger partial charge in [-0.1, -0.05) is 41.8 Å². The van der Waals surface area contributed by atoms with Crippen LogP contribution in [-0.4, -0.2) is 28.3 Å². The standard InChI is InChI=1S/C15H21ClN2O4S/c16-13-8-6-12(7-9-13)11-15-21-18(22-23-15)10-4-2-1-3-5-14(19)17-20/h6-9,15,20H,1-5,10-11H2,(H,17,19). The molecule has 8 heteroatoms. The van der Waals surface area contributed by atoms with Gasteiger partial charge in [0, 0.05) is 17.9 Å². The number of rotatable bonds is 9. The zero-order chi connectivity index (χ0) is 16.5. The van der Waals surface area contributed by atoms with E-state index in [2.05, 4.69) is 0 Å². The first kappa shape index (κ1) is 18.5. The molecule has 0 radical (unpaired) electrons. The molecule has 1 aliphatic heterocycles. The van der Waals surface area contributed by atoms with E-state index in [-0.39, 0.29) is 11.3 Å². The third kappa shape index (κ3) is 7.07. The number of carbonyl (C=O) groups is 1. The normalized spacial score (nSPS) is 18.3. The van der Waals surface area contributed by atoms with Crippen LogP contribution in [0.4, 0.5) is 0 Å². The summed E-state index contributed by atoms with van der Waals surface area (Å²) < 4.78 is 5.43. The Morgan fingerprint density at radius 3 is 2.74 bits per heavy atom. The van der Waals surface area contributed by atoms with Crippen molar-refractivity contribution >= 4 is 29.6 Å². The lowest BCUT2D eigenvalue weighted by molar-refractivity contribution is -0.291. The van der Waals surface area contributed by atoms with Crippen molar-refractivity contribution in [2.75, 3.05) is 6.54 Å². The third-order valence-corrected chi connectivity index (χ3v) is 4.38. The quantitative estimate of drug-likeness (QED) is 0.304. The molecule has 1 aromatic carbocycles. The molecule has 1 aliphatic rings. The van der Waals surface area contributed by atoms with Crippen LogP contribution in [0.25, 0.3) is 0 Å². The van der Waals surface area contributed by atoms with Crippen LogP contribution in [0.5, 0.6) is 0 Å². The second-order valence-corrected chi connectivity index (χ2v) is 6.60. The SMILES string of the molecule is O=C(CCCCCCN1OSC(Cc2ccc(Cl)cc2)O1)NO. The van der Waals surface area contributed by atoms with E-state index >= 15 is 0 Å². The first-order chi connectivity index (χ1) is 11.2. The monoisotopic (exact) mass is 360 g/mol. The highest BCUT2D eigenvalue weighted by Gasteiger charge is 2.26. The summed E-state index contributed by atoms with van der Waals surface area (Å²) in [6.07, 6.45) is 4.72. The molecule has 0 bridgehead atoms. The van der Waals surface area contributed by atoms with Crippen LogP contribution in [0.3, 0.4) is 0 Å². The highest BCUT2D eigenvalue weighted by Crippen LogP contribution is 2.29. The van der Waals surface area contributed by atoms with Crippen molar-refractivity contribution in [1.29, 1.82) is 0 Å². The van der Waals surface area contributed by atoms with Gasteiger partial charge in [-0.3, -0.25) is 14.8 Å². The lowest BCUT2D eigenvalue weighted by Crippen LogP contribution is -2.20. The predicted molar refractivity (Wildman–Crippen MR) is 88.4 cm³/mol. The highest BCUT2D eigenvalue weighted by molar-refractivity contribution is 7.95. The zero-order valence-corrected chi connectivity index (χ0v) is 14.3. The highest BCUT2D eigenvalue weighted by atomic mass is 35.5. The van der Waals surface area contributed by atoms with E-state index in [9.17, 15) is 4.79 Å². The first-order valence-electron chi connectivity index (χ1n) is 7.62. The molecule has 1 heterocycles. The molecule has 23 heavy (non-hydrogen) atoms. The zero-order valence-electron chi connectivity index (χ0n) is 12.7. The number of benzene rings is 1. The van der Waals surface area contributed by atoms with Gasteiger partial charge in [-0.2, -0.15) is 0 Å². The summed E-state index contributed by atoms with van der Waals surface area (Å²) in [5, 5.41) is 10.6. The molecule has 1 unspecified atom stereocenters. The maximum absolute atomic E-state index is 10.8. The van der Waals surface area contributed by atoms with Gasteiger partial charge in [0.15, 0.2) is 5.44 Å². The lowest BCUT2D eigenvalue weighted by Gasteiger charge is -2.12. The number of carbonyl (C=O) groups excluding carboxylic acids is 1. The van der Waals surface area contributed by atoms with Crippen molar-refractivity contribution in [1.82, 2.24) is 10.7 Å². The Bertz CT molecular complexity index is 489. The Morgan fingerprint density at radius 1 is 1.26 bits per heavy atom. The van der Waals surface area contributed by atoms with Gasteiger partial charge in [-0.25, -0.2) is 9.76 Å². The Labute approximate surface area is 145 Å². The molecule has 1 amide bonds. The summed E-state index contributed by atoms with van der Waals surface area (Å²) in [6.45, 7) is 0.691. The molecule has 1 atom stereocenters. The second-order valence-electron chi connectivity index (χ2n) is 5.29. The Hall–Kier alpha value is -0.830. The van der Waals surface area contributed by atoms with Crippen LogP contribution in [0.2, 0.25) is 5.02 Å². The number of nitrogens with one attached hydrogen (secondary N) is 1. The van der Waals surface area contributed by atoms with Crippen LogP contribution in [-0.2, 0) is 20.3 Å². The average Bonchev–Trinajstić information content (AvgIpc) is 3.00. The Balaban J connectivity index is 1.55. The van der Waals surface area contributed by atoms with Gasteiger partial charge in [-0.15, -0.1) is 0 Å². The topological polar surface area (TPSA) is 71.0 Å². The fourth-order valence-corrected chi connectivity index (χ4v) is 2.99. The fourth-order valence-electron chi connectivity index (χ4n) is 2.17. The molecule has 1 fully saturated rings. The molecule has 2 N–H and O–H groups in total. The second kappa shape index (κ2) is 10.1. The summed E-state index contributed by atoms with van der Waals surface area (Å²) in [4.78, 5) is 16.5. The number of halogens is 1. The molecule has 0 aliphatic carbocycles. The molecule has 1 aromatic rings. The Kier molecular flexibility index (Phi) is 8.14. The molecule has 6 nitrogen and oxygen atoms in total. The first-order valence-corrected chi connectivity index (χ1v) is 8.81. The largest absolute Gasteiger partial charge is 0.289 e. The molecular weight excluding hydrogens is 340 g/mol. The predicted octanol–water partition coefficient (Wildman–Crippen LogP) is 3.49. The minimum Gasteiger partial charge on any atom is -0.289 e. The number of hydrogen-bond acceptors (Lipinski definition) is 6. The van der Waals surface area contributed by atoms with E-state index in [1.807, 2.05) is 24.3 Å². The van der Waals surface area contributed by atoms with Crippen LogP contribution in [0, 0.1) is 0 Å². The van der Waals surface area contributed by atoms with Crippen LogP contribution >= 0.6 is 23.6 Å². The summed E-state index contributed by atoms with van der Waals surface area (Å²) in [6, 6.07) is 7.70. The average molecular weight is 361 g/mol. The minimum atomic E-state index is -0.336. The summed E-state index contributed by atoms with van der Waals surface area (Å²) in [7, 11) is 0. The van der Waals surface area contributed by atoms with Crippen molar-refractivity contribution < 1.29 is 19.1 Å². The van der Waals surface area contributed by atoms with E-state index < -0.39 is 0 Å². The molecule has 2 rings (SSSR count). The van der Waals surface area contributed by atoms with Gasteiger partial charge in [0.05, 0.1) is 18.6 Å². The fraction of sp³-hybridized carbons (Fsp3) is 0.533. The van der Waals surface area contributed by atoms with Crippen molar-refractivity contribution in [3.8, 4) is 0 Å². The number of amides is 1. The lowest BCUT2D eigenvalue weighted by atomic mass is 10.1. The summed E-state index contributed by atoms with van der Waals surface area (Å²) in [5.74, 6) is -0.336. The van der Waals surface area contributed by atoms with Crippen molar-refractivity contribution in [2.24, 2.45) is 0 Å². The van der Waals surface area contributed by atoms with Gasteiger partial charge >= 0.3 is 0 Å². The van der Waals surface area contributed by atoms with Gasteiger partial charge in [0.2, 0.25) is 5.91 Å². The minimum absolute atomic E-state index is 0.0515. The summed E-state index contributed by atoms with van der Waals surface area (Å²) in [5.41, 5.74) is 2.73. The van der Waals surface area contributed by atoms with Gasteiger partial charge in [0.25, 0.3) is 0 Å². The number of hydroxylamine groups is 3. The van der Waals surface area contributed by atoms with E-state index in [0.29, 0.717) is 13.0 Å². The third-order valence-electron chi connectivity index (χ3n) is 3.40. The van der Waals surface area contributed by atoms with Crippen molar-refractivity contribution in [3.05, 3.63) is 34.9 Å². The maximum Gasteiger partial charge on any atom is 0.243 e. The van der Waals surface area contributed by atoms with Crippen LogP contribution in [0.15, 0.2) is 24.3 Å². The molecule has 0 spiro atoms. The number of hydrogen-bond donors (Lipinski definition) is 2. The van der Waals surface area contributed by atoms with Crippen molar-refractivity contribution in [3.63, 3.8) is 0 Å². The van der Waals surface area contributed by atoms with Crippen LogP contribution in [0.1, 0.15) is 37.7 Å². The molecule has 1 saturated heterocycles. The smallest absolute Gasteiger partial charge is 0.243 e. The van der Waals surface area contributed by atoms with Crippen molar-refractivity contribution in [2.45, 2.75) is 44.0 Å². The maximum atomic E-state index is 10.8. The van der Waals surface area contributed by atoms with Gasteiger partial charge in [-0.05, 0) is 30.5 Å². The van der Waals surface area contributed by atoms with E-state index in [1.165, 1.54) is 17.3 Å². The number of nitrogens with zero attached hydrogens (tertiary/aromatic N) is 1.